The molecule has 7 nitrogen and oxygen atoms in total. The van der Waals surface area contributed by atoms with Crippen molar-refractivity contribution >= 4 is 15.9 Å². The van der Waals surface area contributed by atoms with Crippen LogP contribution < -0.4 is 14.8 Å². The number of hydrogen-bond acceptors (Lipinski definition) is 5. The molecule has 8 heteroatoms. The number of carbonyl (C=O) groups is 1. The lowest BCUT2D eigenvalue weighted by atomic mass is 9.96. The lowest BCUT2D eigenvalue weighted by Gasteiger charge is -2.30. The molecule has 2 aromatic rings. The largest absolute Gasteiger partial charge is 0.497 e. The van der Waals surface area contributed by atoms with Gasteiger partial charge in [-0.1, -0.05) is 31.4 Å². The molecular weight excluding hydrogens is 428 g/mol. The molecule has 0 aromatic heterocycles. The highest BCUT2D eigenvalue weighted by atomic mass is 32.2. The first kappa shape index (κ1) is 24.1. The average Bonchev–Trinajstić information content (AvgIpc) is 2.84. The van der Waals surface area contributed by atoms with E-state index in [4.69, 9.17) is 9.47 Å². The normalized spacial score (nSPS) is 14.9. The molecule has 0 bridgehead atoms. The molecule has 1 amide bonds. The van der Waals surface area contributed by atoms with Crippen molar-refractivity contribution in [2.75, 3.05) is 27.8 Å². The Balaban J connectivity index is 1.65. The number of rotatable bonds is 9. The van der Waals surface area contributed by atoms with E-state index in [0.717, 1.165) is 37.7 Å². The van der Waals surface area contributed by atoms with Crippen molar-refractivity contribution in [2.45, 2.75) is 49.5 Å². The fraction of sp³-hybridized carbons (Fsp3) is 0.458. The maximum absolute atomic E-state index is 13.1. The van der Waals surface area contributed by atoms with E-state index in [9.17, 15) is 13.2 Å². The topological polar surface area (TPSA) is 84.9 Å². The Bertz CT molecular complexity index is 1030. The first-order valence-corrected chi connectivity index (χ1v) is 12.4. The number of amides is 1. The second-order valence-corrected chi connectivity index (χ2v) is 10.0. The van der Waals surface area contributed by atoms with Crippen LogP contribution in [0.1, 0.15) is 48.0 Å². The third kappa shape index (κ3) is 5.61. The summed E-state index contributed by atoms with van der Waals surface area (Å²) in [4.78, 5) is 12.8. The van der Waals surface area contributed by atoms with E-state index >= 15 is 0 Å². The number of nitrogens with one attached hydrogen (secondary N) is 1. The van der Waals surface area contributed by atoms with Gasteiger partial charge in [0.2, 0.25) is 10.0 Å². The average molecular weight is 461 g/mol. The number of benzene rings is 2. The van der Waals surface area contributed by atoms with E-state index in [1.807, 2.05) is 12.1 Å². The minimum absolute atomic E-state index is 0.0192. The molecule has 0 atom stereocenters. The van der Waals surface area contributed by atoms with Crippen molar-refractivity contribution in [3.63, 3.8) is 0 Å². The fourth-order valence-electron chi connectivity index (χ4n) is 4.08. The first-order valence-electron chi connectivity index (χ1n) is 10.9. The predicted molar refractivity (Wildman–Crippen MR) is 124 cm³/mol. The summed E-state index contributed by atoms with van der Waals surface area (Å²) in [6.45, 7) is 0.389. The Morgan fingerprint density at radius 1 is 1.06 bits per heavy atom. The van der Waals surface area contributed by atoms with Gasteiger partial charge in [-0.25, -0.2) is 8.42 Å². The Morgan fingerprint density at radius 2 is 1.81 bits per heavy atom. The summed E-state index contributed by atoms with van der Waals surface area (Å²) in [5.74, 6) is 1.08. The zero-order valence-electron chi connectivity index (χ0n) is 19.0. The molecule has 0 saturated heterocycles. The van der Waals surface area contributed by atoms with Crippen LogP contribution >= 0.6 is 0 Å². The Morgan fingerprint density at radius 3 is 2.50 bits per heavy atom. The van der Waals surface area contributed by atoms with Gasteiger partial charge in [0.1, 0.15) is 11.5 Å². The smallest absolute Gasteiger partial charge is 0.251 e. The second-order valence-electron chi connectivity index (χ2n) is 8.02. The molecule has 1 aliphatic carbocycles. The minimum atomic E-state index is -3.65. The van der Waals surface area contributed by atoms with E-state index in [0.29, 0.717) is 30.0 Å². The molecule has 174 valence electrons. The van der Waals surface area contributed by atoms with Gasteiger partial charge in [-0.05, 0) is 49.1 Å². The maximum Gasteiger partial charge on any atom is 0.251 e. The SMILES string of the molecule is COc1ccc(CCNC(=O)c2cccc(S(=O)(=O)N(C)C3CCCCC3)c2)c(OC)c1. The predicted octanol–water partition coefficient (Wildman–Crippen LogP) is 3.63. The fourth-order valence-corrected chi connectivity index (χ4v) is 5.54. The molecule has 0 spiro atoms. The third-order valence-electron chi connectivity index (χ3n) is 6.04. The van der Waals surface area contributed by atoms with Gasteiger partial charge in [-0.3, -0.25) is 4.79 Å². The number of hydrogen-bond donors (Lipinski definition) is 1. The van der Waals surface area contributed by atoms with Gasteiger partial charge in [0.15, 0.2) is 0 Å². The van der Waals surface area contributed by atoms with E-state index in [1.54, 1.807) is 45.5 Å². The van der Waals surface area contributed by atoms with Gasteiger partial charge in [0.25, 0.3) is 5.91 Å². The standard InChI is InChI=1S/C24H32N2O5S/c1-26(20-9-5-4-6-10-20)32(28,29)22-11-7-8-19(16-22)24(27)25-15-14-18-12-13-21(30-2)17-23(18)31-3/h7-8,11-13,16-17,20H,4-6,9-10,14-15H2,1-3H3,(H,25,27). The zero-order chi connectivity index (χ0) is 23.1. The summed E-state index contributed by atoms with van der Waals surface area (Å²) in [7, 11) is 1.17. The molecule has 3 rings (SSSR count). The summed E-state index contributed by atoms with van der Waals surface area (Å²) in [5.41, 5.74) is 1.27. The summed E-state index contributed by atoms with van der Waals surface area (Å²) < 4.78 is 38.3. The van der Waals surface area contributed by atoms with Crippen LogP contribution in [-0.4, -0.2) is 52.5 Å². The van der Waals surface area contributed by atoms with Gasteiger partial charge in [0.05, 0.1) is 19.1 Å². The summed E-state index contributed by atoms with van der Waals surface area (Å²) in [5, 5.41) is 2.86. The molecule has 1 aliphatic rings. The molecule has 1 N–H and O–H groups in total. The Kier molecular flexibility index (Phi) is 8.15. The lowest BCUT2D eigenvalue weighted by Crippen LogP contribution is -2.38. The quantitative estimate of drug-likeness (QED) is 0.618. The highest BCUT2D eigenvalue weighted by molar-refractivity contribution is 7.89. The number of ether oxygens (including phenoxy) is 2. The van der Waals surface area contributed by atoms with Crippen LogP contribution in [0.4, 0.5) is 0 Å². The van der Waals surface area contributed by atoms with Crippen LogP contribution in [0.2, 0.25) is 0 Å². The maximum atomic E-state index is 13.1. The molecular formula is C24H32N2O5S. The van der Waals surface area contributed by atoms with Crippen molar-refractivity contribution in [1.29, 1.82) is 0 Å². The molecule has 0 radical (unpaired) electrons. The van der Waals surface area contributed by atoms with Gasteiger partial charge in [-0.2, -0.15) is 4.31 Å². The van der Waals surface area contributed by atoms with Crippen LogP contribution in [0.25, 0.3) is 0 Å². The molecule has 32 heavy (non-hydrogen) atoms. The Hall–Kier alpha value is -2.58. The summed E-state index contributed by atoms with van der Waals surface area (Å²) in [6.07, 6.45) is 5.58. The van der Waals surface area contributed by atoms with Crippen molar-refractivity contribution < 1.29 is 22.7 Å². The van der Waals surface area contributed by atoms with Gasteiger partial charge >= 0.3 is 0 Å². The highest BCUT2D eigenvalue weighted by Crippen LogP contribution is 2.27. The van der Waals surface area contributed by atoms with Crippen LogP contribution in [-0.2, 0) is 16.4 Å². The molecule has 0 heterocycles. The number of nitrogens with zero attached hydrogens (tertiary/aromatic N) is 1. The molecule has 1 fully saturated rings. The van der Waals surface area contributed by atoms with E-state index in [1.165, 1.54) is 10.4 Å². The molecule has 0 aliphatic heterocycles. The van der Waals surface area contributed by atoms with Crippen molar-refractivity contribution in [2.24, 2.45) is 0 Å². The van der Waals surface area contributed by atoms with Gasteiger partial charge in [0, 0.05) is 31.3 Å². The van der Waals surface area contributed by atoms with E-state index < -0.39 is 10.0 Å². The van der Waals surface area contributed by atoms with Crippen LogP contribution in [0.5, 0.6) is 11.5 Å². The molecule has 0 unspecified atom stereocenters. The van der Waals surface area contributed by atoms with Crippen molar-refractivity contribution in [3.05, 3.63) is 53.6 Å². The first-order chi connectivity index (χ1) is 15.4. The number of sulfonamides is 1. The second kappa shape index (κ2) is 10.8. The molecule has 2 aromatic carbocycles. The monoisotopic (exact) mass is 460 g/mol. The number of methoxy groups -OCH3 is 2. The summed E-state index contributed by atoms with van der Waals surface area (Å²) in [6, 6.07) is 11.8. The summed E-state index contributed by atoms with van der Waals surface area (Å²) >= 11 is 0. The van der Waals surface area contributed by atoms with E-state index in [-0.39, 0.29) is 16.8 Å². The van der Waals surface area contributed by atoms with Crippen LogP contribution in [0.3, 0.4) is 0 Å². The van der Waals surface area contributed by atoms with Crippen LogP contribution in [0, 0.1) is 0 Å². The highest BCUT2D eigenvalue weighted by Gasteiger charge is 2.29. The Labute approximate surface area is 190 Å². The molecule has 1 saturated carbocycles. The number of carbonyl (C=O) groups excluding carboxylic acids is 1. The van der Waals surface area contributed by atoms with Crippen LogP contribution in [0.15, 0.2) is 47.4 Å². The van der Waals surface area contributed by atoms with Crippen molar-refractivity contribution in [3.8, 4) is 11.5 Å². The van der Waals surface area contributed by atoms with E-state index in [2.05, 4.69) is 5.32 Å². The van der Waals surface area contributed by atoms with Crippen molar-refractivity contribution in [1.82, 2.24) is 9.62 Å². The van der Waals surface area contributed by atoms with Gasteiger partial charge < -0.3 is 14.8 Å². The lowest BCUT2D eigenvalue weighted by molar-refractivity contribution is 0.0954. The third-order valence-corrected chi connectivity index (χ3v) is 7.94. The van der Waals surface area contributed by atoms with Gasteiger partial charge in [-0.15, -0.1) is 0 Å². The zero-order valence-corrected chi connectivity index (χ0v) is 19.8. The minimum Gasteiger partial charge on any atom is -0.497 e.